The van der Waals surface area contributed by atoms with Crippen LogP contribution >= 0.6 is 0 Å². The minimum atomic E-state index is -0.359. The van der Waals surface area contributed by atoms with Gasteiger partial charge in [0.1, 0.15) is 0 Å². The number of aliphatic hydroxyl groups excluding tert-OH is 2. The lowest BCUT2D eigenvalue weighted by atomic mass is 10.2. The van der Waals surface area contributed by atoms with Crippen molar-refractivity contribution in [2.75, 3.05) is 19.8 Å². The Morgan fingerprint density at radius 3 is 2.53 bits per heavy atom. The van der Waals surface area contributed by atoms with E-state index in [-0.39, 0.29) is 12.7 Å². The highest BCUT2D eigenvalue weighted by molar-refractivity contribution is 4.54. The summed E-state index contributed by atoms with van der Waals surface area (Å²) in [6.45, 7) is 3.60. The lowest BCUT2D eigenvalue weighted by Crippen LogP contribution is -2.15. The largest absolute Gasteiger partial charge is 0.396 e. The van der Waals surface area contributed by atoms with Crippen LogP contribution in [0.3, 0.4) is 0 Å². The zero-order valence-corrected chi connectivity index (χ0v) is 9.95. The van der Waals surface area contributed by atoms with Crippen LogP contribution in [0, 0.1) is 0 Å². The normalized spacial score (nSPS) is 13.0. The quantitative estimate of drug-likeness (QED) is 0.522. The number of hydrogen-bond donors (Lipinski definition) is 2. The third-order valence-electron chi connectivity index (χ3n) is 2.40. The molecule has 15 heavy (non-hydrogen) atoms. The number of hydrogen-bond acceptors (Lipinski definition) is 3. The average molecular weight is 218 g/mol. The van der Waals surface area contributed by atoms with E-state index in [2.05, 4.69) is 6.92 Å². The van der Waals surface area contributed by atoms with Gasteiger partial charge in [-0.15, -0.1) is 0 Å². The zero-order chi connectivity index (χ0) is 11.4. The molecule has 0 aromatic heterocycles. The summed E-state index contributed by atoms with van der Waals surface area (Å²) in [7, 11) is 0. The van der Waals surface area contributed by atoms with Gasteiger partial charge in [0.15, 0.2) is 0 Å². The van der Waals surface area contributed by atoms with Crippen molar-refractivity contribution < 1.29 is 14.9 Å². The highest BCUT2D eigenvalue weighted by atomic mass is 16.5. The molecular formula is C12H26O3. The van der Waals surface area contributed by atoms with E-state index in [1.165, 1.54) is 19.3 Å². The fourth-order valence-electron chi connectivity index (χ4n) is 1.43. The first-order valence-electron chi connectivity index (χ1n) is 6.18. The molecule has 0 aliphatic heterocycles. The van der Waals surface area contributed by atoms with E-state index in [1.54, 1.807) is 0 Å². The smallest absolute Gasteiger partial charge is 0.0773 e. The molecule has 0 spiro atoms. The van der Waals surface area contributed by atoms with Crippen LogP contribution in [0.25, 0.3) is 0 Å². The molecule has 92 valence electrons. The number of unbranched alkanes of at least 4 members (excludes halogenated alkanes) is 4. The van der Waals surface area contributed by atoms with E-state index in [9.17, 15) is 5.11 Å². The molecule has 0 amide bonds. The summed E-state index contributed by atoms with van der Waals surface area (Å²) in [4.78, 5) is 0. The second kappa shape index (κ2) is 12.0. The first-order chi connectivity index (χ1) is 7.31. The molecule has 0 fully saturated rings. The first kappa shape index (κ1) is 14.9. The minimum Gasteiger partial charge on any atom is -0.396 e. The van der Waals surface area contributed by atoms with E-state index in [1.807, 2.05) is 0 Å². The van der Waals surface area contributed by atoms with Crippen LogP contribution < -0.4 is 0 Å². The average Bonchev–Trinajstić information content (AvgIpc) is 2.23. The molecule has 0 saturated carbocycles. The predicted molar refractivity (Wildman–Crippen MR) is 61.9 cm³/mol. The van der Waals surface area contributed by atoms with Crippen molar-refractivity contribution in [1.82, 2.24) is 0 Å². The van der Waals surface area contributed by atoms with Crippen LogP contribution in [0.4, 0.5) is 0 Å². The van der Waals surface area contributed by atoms with Crippen LogP contribution in [0.15, 0.2) is 0 Å². The minimum absolute atomic E-state index is 0.213. The Kier molecular flexibility index (Phi) is 11.9. The number of rotatable bonds is 11. The van der Waals surface area contributed by atoms with Gasteiger partial charge in [0.05, 0.1) is 12.7 Å². The summed E-state index contributed by atoms with van der Waals surface area (Å²) in [6.07, 6.45) is 6.84. The Labute approximate surface area is 93.5 Å². The van der Waals surface area contributed by atoms with E-state index in [0.29, 0.717) is 6.61 Å². The van der Waals surface area contributed by atoms with Crippen molar-refractivity contribution in [3.63, 3.8) is 0 Å². The Balaban J connectivity index is 3.06. The molecule has 0 aromatic carbocycles. The van der Waals surface area contributed by atoms with Crippen LogP contribution in [0.2, 0.25) is 0 Å². The molecule has 0 saturated heterocycles. The van der Waals surface area contributed by atoms with Gasteiger partial charge in [-0.25, -0.2) is 0 Å². The van der Waals surface area contributed by atoms with Gasteiger partial charge in [-0.3, -0.25) is 0 Å². The van der Waals surface area contributed by atoms with E-state index >= 15 is 0 Å². The molecule has 3 heteroatoms. The van der Waals surface area contributed by atoms with Crippen molar-refractivity contribution >= 4 is 0 Å². The third-order valence-corrected chi connectivity index (χ3v) is 2.40. The van der Waals surface area contributed by atoms with Crippen LogP contribution in [0.5, 0.6) is 0 Å². The van der Waals surface area contributed by atoms with Gasteiger partial charge in [0, 0.05) is 13.2 Å². The molecule has 0 radical (unpaired) electrons. The monoisotopic (exact) mass is 218 g/mol. The SMILES string of the molecule is CCCCCCOCC(O)CCCCO. The molecule has 0 aromatic rings. The van der Waals surface area contributed by atoms with Gasteiger partial charge < -0.3 is 14.9 Å². The van der Waals surface area contributed by atoms with E-state index < -0.39 is 0 Å². The first-order valence-corrected chi connectivity index (χ1v) is 6.18. The summed E-state index contributed by atoms with van der Waals surface area (Å²) in [5.41, 5.74) is 0. The maximum absolute atomic E-state index is 9.47. The van der Waals surface area contributed by atoms with Crippen molar-refractivity contribution in [2.24, 2.45) is 0 Å². The fraction of sp³-hybridized carbons (Fsp3) is 1.00. The molecule has 2 N–H and O–H groups in total. The van der Waals surface area contributed by atoms with Gasteiger partial charge in [0.25, 0.3) is 0 Å². The summed E-state index contributed by atoms with van der Waals surface area (Å²) in [6, 6.07) is 0. The molecule has 0 aliphatic rings. The van der Waals surface area contributed by atoms with Gasteiger partial charge in [-0.1, -0.05) is 26.2 Å². The molecule has 1 atom stereocenters. The third kappa shape index (κ3) is 11.8. The second-order valence-electron chi connectivity index (χ2n) is 4.01. The summed E-state index contributed by atoms with van der Waals surface area (Å²) >= 11 is 0. The highest BCUT2D eigenvalue weighted by Gasteiger charge is 2.03. The fourth-order valence-corrected chi connectivity index (χ4v) is 1.43. The van der Waals surface area contributed by atoms with Crippen LogP contribution in [0.1, 0.15) is 51.9 Å². The standard InChI is InChI=1S/C12H26O3/c1-2-3-4-7-10-15-11-12(14)8-5-6-9-13/h12-14H,2-11H2,1H3. The maximum Gasteiger partial charge on any atom is 0.0773 e. The van der Waals surface area contributed by atoms with Crippen LogP contribution in [-0.4, -0.2) is 36.1 Å². The van der Waals surface area contributed by atoms with Gasteiger partial charge >= 0.3 is 0 Å². The van der Waals surface area contributed by atoms with E-state index in [0.717, 1.165) is 32.3 Å². The van der Waals surface area contributed by atoms with Crippen molar-refractivity contribution in [1.29, 1.82) is 0 Å². The van der Waals surface area contributed by atoms with Gasteiger partial charge in [-0.05, 0) is 25.7 Å². The molecule has 0 heterocycles. The summed E-state index contributed by atoms with van der Waals surface area (Å²) < 4.78 is 5.36. The molecule has 1 unspecified atom stereocenters. The number of ether oxygens (including phenoxy) is 1. The number of aliphatic hydroxyl groups is 2. The molecule has 0 rings (SSSR count). The predicted octanol–water partition coefficient (Wildman–Crippen LogP) is 2.11. The zero-order valence-electron chi connectivity index (χ0n) is 9.95. The Morgan fingerprint density at radius 1 is 1.07 bits per heavy atom. The molecule has 3 nitrogen and oxygen atoms in total. The highest BCUT2D eigenvalue weighted by Crippen LogP contribution is 2.03. The Bertz CT molecular complexity index is 117. The Morgan fingerprint density at radius 2 is 1.87 bits per heavy atom. The lowest BCUT2D eigenvalue weighted by Gasteiger charge is -2.10. The summed E-state index contributed by atoms with van der Waals surface area (Å²) in [5, 5.41) is 18.0. The van der Waals surface area contributed by atoms with Crippen molar-refractivity contribution in [3.05, 3.63) is 0 Å². The topological polar surface area (TPSA) is 49.7 Å². The molecule has 0 aliphatic carbocycles. The summed E-state index contributed by atoms with van der Waals surface area (Å²) in [5.74, 6) is 0. The van der Waals surface area contributed by atoms with Crippen molar-refractivity contribution in [3.8, 4) is 0 Å². The van der Waals surface area contributed by atoms with E-state index in [4.69, 9.17) is 9.84 Å². The van der Waals surface area contributed by atoms with Crippen LogP contribution in [-0.2, 0) is 4.74 Å². The second-order valence-corrected chi connectivity index (χ2v) is 4.01. The Hall–Kier alpha value is -0.120. The van der Waals surface area contributed by atoms with Gasteiger partial charge in [-0.2, -0.15) is 0 Å². The maximum atomic E-state index is 9.47. The molecular weight excluding hydrogens is 192 g/mol. The van der Waals surface area contributed by atoms with Crippen molar-refractivity contribution in [2.45, 2.75) is 58.0 Å². The lowest BCUT2D eigenvalue weighted by molar-refractivity contribution is 0.0293. The molecule has 0 bridgehead atoms. The van der Waals surface area contributed by atoms with Gasteiger partial charge in [0.2, 0.25) is 0 Å².